The Labute approximate surface area is 190 Å². The Hall–Kier alpha value is -3.64. The Kier molecular flexibility index (Phi) is 7.85. The normalized spacial score (nSPS) is 12.2. The lowest BCUT2D eigenvalue weighted by atomic mass is 10.1. The molecule has 172 valence electrons. The summed E-state index contributed by atoms with van der Waals surface area (Å²) in [5, 5.41) is 14.7. The van der Waals surface area contributed by atoms with Crippen molar-refractivity contribution >= 4 is 5.91 Å². The van der Waals surface area contributed by atoms with Gasteiger partial charge in [-0.15, -0.1) is 0 Å². The molecule has 2 aromatic carbocycles. The monoisotopic (exact) mass is 455 g/mol. The van der Waals surface area contributed by atoms with Crippen LogP contribution in [0.5, 0.6) is 0 Å². The molecule has 1 amide bonds. The molecule has 0 saturated carbocycles. The van der Waals surface area contributed by atoms with Crippen molar-refractivity contribution < 1.29 is 18.0 Å². The van der Waals surface area contributed by atoms with E-state index in [-0.39, 0.29) is 30.5 Å². The maximum atomic E-state index is 13.1. The number of aromatic nitrogens is 2. The van der Waals surface area contributed by atoms with Crippen LogP contribution in [0.4, 0.5) is 13.2 Å². The molecule has 2 N–H and O–H groups in total. The number of carbonyl (C=O) groups excluding carboxylic acids is 1. The minimum atomic E-state index is -4.40. The topological polar surface area (TPSA) is 82.7 Å². The number of halogens is 3. The molecule has 0 saturated heterocycles. The molecule has 33 heavy (non-hydrogen) atoms. The molecular formula is C24H24F3N5O. The number of nitriles is 1. The van der Waals surface area contributed by atoms with E-state index >= 15 is 0 Å². The van der Waals surface area contributed by atoms with Crippen LogP contribution in [0.15, 0.2) is 61.1 Å². The van der Waals surface area contributed by atoms with E-state index in [1.807, 2.05) is 16.7 Å². The summed E-state index contributed by atoms with van der Waals surface area (Å²) in [6, 6.07) is 14.4. The van der Waals surface area contributed by atoms with Crippen LogP contribution in [0.25, 0.3) is 0 Å². The number of rotatable bonds is 9. The Morgan fingerprint density at radius 3 is 2.61 bits per heavy atom. The lowest BCUT2D eigenvalue weighted by Crippen LogP contribution is -2.40. The molecule has 0 aliphatic carbocycles. The number of amides is 1. The molecular weight excluding hydrogens is 431 g/mol. The Bertz CT molecular complexity index is 1120. The fourth-order valence-electron chi connectivity index (χ4n) is 3.43. The number of alkyl halides is 3. The van der Waals surface area contributed by atoms with Gasteiger partial charge in [0.25, 0.3) is 0 Å². The van der Waals surface area contributed by atoms with Gasteiger partial charge in [0.05, 0.1) is 29.9 Å². The van der Waals surface area contributed by atoms with Gasteiger partial charge in [0.15, 0.2) is 0 Å². The van der Waals surface area contributed by atoms with E-state index in [1.165, 1.54) is 12.1 Å². The van der Waals surface area contributed by atoms with Gasteiger partial charge in [0.1, 0.15) is 0 Å². The number of hydrogen-bond acceptors (Lipinski definition) is 4. The molecule has 0 spiro atoms. The summed E-state index contributed by atoms with van der Waals surface area (Å²) in [5.41, 5.74) is 1.79. The quantitative estimate of drug-likeness (QED) is 0.516. The van der Waals surface area contributed by atoms with E-state index in [2.05, 4.69) is 21.7 Å². The van der Waals surface area contributed by atoms with E-state index in [9.17, 15) is 18.0 Å². The SMILES string of the molecule is C[C@@H](CNCc1ccccc1C(F)(F)F)NC(=O)Cc1cncn1Cc1ccc(C#N)cc1. The van der Waals surface area contributed by atoms with Crippen LogP contribution in [-0.4, -0.2) is 28.0 Å². The first-order chi connectivity index (χ1) is 15.8. The molecule has 3 aromatic rings. The second kappa shape index (κ2) is 10.8. The first-order valence-corrected chi connectivity index (χ1v) is 10.4. The van der Waals surface area contributed by atoms with E-state index in [0.29, 0.717) is 18.7 Å². The molecule has 0 aliphatic rings. The molecule has 6 nitrogen and oxygen atoms in total. The van der Waals surface area contributed by atoms with Crippen molar-refractivity contribution in [3.63, 3.8) is 0 Å². The van der Waals surface area contributed by atoms with Gasteiger partial charge in [0.2, 0.25) is 5.91 Å². The van der Waals surface area contributed by atoms with E-state index in [0.717, 1.165) is 17.3 Å². The highest BCUT2D eigenvalue weighted by Crippen LogP contribution is 2.31. The molecule has 9 heteroatoms. The summed E-state index contributed by atoms with van der Waals surface area (Å²) in [4.78, 5) is 16.6. The van der Waals surface area contributed by atoms with Crippen LogP contribution in [0.3, 0.4) is 0 Å². The van der Waals surface area contributed by atoms with Crippen LogP contribution in [0.2, 0.25) is 0 Å². The van der Waals surface area contributed by atoms with E-state index < -0.39 is 11.7 Å². The van der Waals surface area contributed by atoms with Crippen LogP contribution in [0.1, 0.15) is 34.9 Å². The van der Waals surface area contributed by atoms with Gasteiger partial charge in [-0.3, -0.25) is 4.79 Å². The zero-order valence-electron chi connectivity index (χ0n) is 18.1. The molecule has 1 atom stereocenters. The standard InChI is InChI=1S/C24H24F3N5O/c1-17(12-29-13-20-4-2-3-5-22(20)24(25,26)27)31-23(33)10-21-14-30-16-32(21)15-19-8-6-18(11-28)7-9-19/h2-9,14,16-17,29H,10,12-13,15H2,1H3,(H,31,33)/t17-/m0/s1. The molecule has 0 unspecified atom stereocenters. The minimum absolute atomic E-state index is 0.0489. The fraction of sp³-hybridized carbons (Fsp3) is 0.292. The molecule has 0 radical (unpaired) electrons. The second-order valence-electron chi connectivity index (χ2n) is 7.75. The van der Waals surface area contributed by atoms with Gasteiger partial charge in [0, 0.05) is 37.6 Å². The predicted octanol–water partition coefficient (Wildman–Crippen LogP) is 3.66. The third kappa shape index (κ3) is 6.92. The smallest absolute Gasteiger partial charge is 0.352 e. The molecule has 0 aliphatic heterocycles. The average molecular weight is 455 g/mol. The Morgan fingerprint density at radius 2 is 1.91 bits per heavy atom. The van der Waals surface area contributed by atoms with Crippen molar-refractivity contribution in [2.24, 2.45) is 0 Å². The highest BCUT2D eigenvalue weighted by Gasteiger charge is 2.32. The predicted molar refractivity (Wildman–Crippen MR) is 117 cm³/mol. The van der Waals surface area contributed by atoms with Gasteiger partial charge in [-0.1, -0.05) is 30.3 Å². The average Bonchev–Trinajstić information content (AvgIpc) is 3.20. The van der Waals surface area contributed by atoms with Gasteiger partial charge >= 0.3 is 6.18 Å². The Morgan fingerprint density at radius 1 is 1.18 bits per heavy atom. The lowest BCUT2D eigenvalue weighted by Gasteiger charge is -2.17. The maximum absolute atomic E-state index is 13.1. The zero-order valence-corrected chi connectivity index (χ0v) is 18.1. The molecule has 1 heterocycles. The molecule has 3 rings (SSSR count). The van der Waals surface area contributed by atoms with Gasteiger partial charge in [-0.2, -0.15) is 18.4 Å². The maximum Gasteiger partial charge on any atom is 0.416 e. The number of imidazole rings is 1. The molecule has 0 fully saturated rings. The summed E-state index contributed by atoms with van der Waals surface area (Å²) in [7, 11) is 0. The molecule has 1 aromatic heterocycles. The van der Waals surface area contributed by atoms with Crippen molar-refractivity contribution in [1.82, 2.24) is 20.2 Å². The number of nitrogens with zero attached hydrogens (tertiary/aromatic N) is 3. The summed E-state index contributed by atoms with van der Waals surface area (Å²) < 4.78 is 41.1. The summed E-state index contributed by atoms with van der Waals surface area (Å²) in [6.07, 6.45) is -1.01. The van der Waals surface area contributed by atoms with Crippen molar-refractivity contribution in [3.05, 3.63) is 89.0 Å². The third-order valence-electron chi connectivity index (χ3n) is 5.07. The zero-order chi connectivity index (χ0) is 23.8. The highest BCUT2D eigenvalue weighted by atomic mass is 19.4. The van der Waals surface area contributed by atoms with E-state index in [1.54, 1.807) is 37.6 Å². The number of hydrogen-bond donors (Lipinski definition) is 2. The third-order valence-corrected chi connectivity index (χ3v) is 5.07. The van der Waals surface area contributed by atoms with Gasteiger partial charge in [-0.25, -0.2) is 4.98 Å². The first kappa shape index (κ1) is 24.0. The van der Waals surface area contributed by atoms with Crippen molar-refractivity contribution in [1.29, 1.82) is 5.26 Å². The highest BCUT2D eigenvalue weighted by molar-refractivity contribution is 5.78. The lowest BCUT2D eigenvalue weighted by molar-refractivity contribution is -0.138. The number of nitrogens with one attached hydrogen (secondary N) is 2. The fourth-order valence-corrected chi connectivity index (χ4v) is 3.43. The number of carbonyl (C=O) groups is 1. The van der Waals surface area contributed by atoms with Crippen molar-refractivity contribution in [3.8, 4) is 6.07 Å². The minimum Gasteiger partial charge on any atom is -0.352 e. The second-order valence-corrected chi connectivity index (χ2v) is 7.75. The summed E-state index contributed by atoms with van der Waals surface area (Å²) >= 11 is 0. The summed E-state index contributed by atoms with van der Waals surface area (Å²) in [5.74, 6) is -0.207. The van der Waals surface area contributed by atoms with Gasteiger partial charge in [-0.05, 0) is 36.2 Å². The van der Waals surface area contributed by atoms with Crippen LogP contribution < -0.4 is 10.6 Å². The first-order valence-electron chi connectivity index (χ1n) is 10.4. The largest absolute Gasteiger partial charge is 0.416 e. The van der Waals surface area contributed by atoms with Crippen LogP contribution in [0, 0.1) is 11.3 Å². The van der Waals surface area contributed by atoms with Crippen molar-refractivity contribution in [2.75, 3.05) is 6.54 Å². The summed E-state index contributed by atoms with van der Waals surface area (Å²) in [6.45, 7) is 2.67. The molecule has 0 bridgehead atoms. The van der Waals surface area contributed by atoms with Crippen LogP contribution in [-0.2, 0) is 30.5 Å². The van der Waals surface area contributed by atoms with Crippen LogP contribution >= 0.6 is 0 Å². The van der Waals surface area contributed by atoms with Crippen molar-refractivity contribution in [2.45, 2.75) is 38.7 Å². The Balaban J connectivity index is 1.49. The van der Waals surface area contributed by atoms with Gasteiger partial charge < -0.3 is 15.2 Å². The van der Waals surface area contributed by atoms with E-state index in [4.69, 9.17) is 5.26 Å². The number of benzene rings is 2.